The molecule has 1 aromatic carbocycles. The van der Waals surface area contributed by atoms with Crippen molar-refractivity contribution in [2.45, 2.75) is 6.54 Å². The summed E-state index contributed by atoms with van der Waals surface area (Å²) in [6.07, 6.45) is 9.47. The molecule has 216 valence electrons. The van der Waals surface area contributed by atoms with Crippen molar-refractivity contribution in [3.05, 3.63) is 103 Å². The molecule has 3 N–H and O–H groups in total. The highest BCUT2D eigenvalue weighted by molar-refractivity contribution is 6.45. The molecule has 2 aliphatic heterocycles. The molecule has 0 spiro atoms. The van der Waals surface area contributed by atoms with Gasteiger partial charge in [-0.3, -0.25) is 19.3 Å². The van der Waals surface area contributed by atoms with Gasteiger partial charge in [0.15, 0.2) is 11.6 Å². The molecule has 13 heteroatoms. The lowest BCUT2D eigenvalue weighted by molar-refractivity contribution is -0.126. The zero-order valence-corrected chi connectivity index (χ0v) is 22.9. The zero-order chi connectivity index (χ0) is 29.3. The summed E-state index contributed by atoms with van der Waals surface area (Å²) in [5.74, 6) is -1.77. The Morgan fingerprint density at radius 3 is 2.53 bits per heavy atom. The van der Waals surface area contributed by atoms with Crippen LogP contribution in [0.2, 0.25) is 0 Å². The molecular formula is C30H27FN10O2. The molecule has 0 unspecified atom stereocenters. The van der Waals surface area contributed by atoms with Gasteiger partial charge in [-0.15, -0.1) is 5.53 Å². The molecule has 43 heavy (non-hydrogen) atoms. The van der Waals surface area contributed by atoms with Crippen molar-refractivity contribution in [3.8, 4) is 11.3 Å². The van der Waals surface area contributed by atoms with Gasteiger partial charge in [0.2, 0.25) is 0 Å². The van der Waals surface area contributed by atoms with Crippen LogP contribution >= 0.6 is 0 Å². The number of hydrogen-bond donors (Lipinski definition) is 3. The summed E-state index contributed by atoms with van der Waals surface area (Å²) in [6.45, 7) is 2.19. The number of carbonyl (C=O) groups is 2. The molecule has 1 fully saturated rings. The highest BCUT2D eigenvalue weighted by Gasteiger charge is 2.31. The Kier molecular flexibility index (Phi) is 6.75. The average Bonchev–Trinajstić information content (AvgIpc) is 3.83. The maximum absolute atomic E-state index is 14.9. The van der Waals surface area contributed by atoms with Gasteiger partial charge in [0.05, 0.1) is 40.6 Å². The second kappa shape index (κ2) is 11.0. The maximum Gasteiger partial charge on any atom is 0.295 e. The Morgan fingerprint density at radius 1 is 0.977 bits per heavy atom. The minimum absolute atomic E-state index is 0.0249. The number of halogens is 1. The number of carbonyl (C=O) groups excluding carboxylic acids is 2. The molecule has 4 aromatic heterocycles. The van der Waals surface area contributed by atoms with Crippen LogP contribution in [0.1, 0.15) is 16.1 Å². The number of piperazine rings is 1. The van der Waals surface area contributed by atoms with Crippen LogP contribution in [0.4, 0.5) is 15.9 Å². The van der Waals surface area contributed by atoms with Crippen LogP contribution in [0.5, 0.6) is 0 Å². The number of nitrogens with zero attached hydrogens (tertiary/aromatic N) is 7. The molecule has 0 radical (unpaired) electrons. The number of fused-ring (bicyclic) bond motifs is 1. The molecule has 0 bridgehead atoms. The fourth-order valence-electron chi connectivity index (χ4n) is 5.43. The first-order valence-electron chi connectivity index (χ1n) is 13.8. The number of pyridine rings is 2. The first-order chi connectivity index (χ1) is 21.1. The third-order valence-corrected chi connectivity index (χ3v) is 7.55. The minimum Gasteiger partial charge on any atom is -0.365 e. The van der Waals surface area contributed by atoms with Crippen LogP contribution in [0.25, 0.3) is 22.2 Å². The van der Waals surface area contributed by atoms with Crippen molar-refractivity contribution < 1.29 is 14.0 Å². The summed E-state index contributed by atoms with van der Waals surface area (Å²) < 4.78 is 16.8. The predicted molar refractivity (Wildman–Crippen MR) is 158 cm³/mol. The van der Waals surface area contributed by atoms with E-state index in [0.29, 0.717) is 44.1 Å². The van der Waals surface area contributed by atoms with E-state index in [1.54, 1.807) is 18.6 Å². The summed E-state index contributed by atoms with van der Waals surface area (Å²) in [5.41, 5.74) is 9.56. The number of H-pyrrole nitrogens is 1. The van der Waals surface area contributed by atoms with Gasteiger partial charge in [-0.2, -0.15) is 5.10 Å². The van der Waals surface area contributed by atoms with E-state index in [2.05, 4.69) is 30.8 Å². The largest absolute Gasteiger partial charge is 0.365 e. The number of benzene rings is 1. The van der Waals surface area contributed by atoms with Gasteiger partial charge in [-0.05, 0) is 12.1 Å². The average molecular weight is 579 g/mol. The van der Waals surface area contributed by atoms with E-state index in [4.69, 9.17) is 5.10 Å². The number of rotatable bonds is 7. The number of nitrogens with one attached hydrogen (secondary N) is 3. The molecule has 12 nitrogen and oxygen atoms in total. The molecule has 6 heterocycles. The topological polar surface area (TPSA) is 127 Å². The molecule has 7 rings (SSSR count). The summed E-state index contributed by atoms with van der Waals surface area (Å²) >= 11 is 0. The number of aromatic amines is 1. The third-order valence-electron chi connectivity index (χ3n) is 7.55. The van der Waals surface area contributed by atoms with Crippen LogP contribution in [-0.4, -0.2) is 67.5 Å². The fourth-order valence-corrected chi connectivity index (χ4v) is 5.43. The Hall–Kier alpha value is -5.56. The Labute approximate surface area is 245 Å². The van der Waals surface area contributed by atoms with Crippen molar-refractivity contribution in [3.63, 3.8) is 0 Å². The quantitative estimate of drug-likeness (QED) is 0.197. The molecule has 0 atom stereocenters. The highest BCUT2D eigenvalue weighted by atomic mass is 19.1. The normalized spacial score (nSPS) is 14.9. The molecule has 1 amide bonds. The minimum atomic E-state index is -0.771. The smallest absolute Gasteiger partial charge is 0.295 e. The van der Waals surface area contributed by atoms with E-state index in [-0.39, 0.29) is 10.9 Å². The number of Topliss-reactive ketones (excluding diaryl/α,β-unsaturated/α-hetero) is 1. The molecule has 0 aliphatic carbocycles. The Bertz CT molecular complexity index is 1830. The third kappa shape index (κ3) is 4.95. The second-order valence-electron chi connectivity index (χ2n) is 10.2. The molecule has 2 aliphatic rings. The van der Waals surface area contributed by atoms with Crippen LogP contribution in [0.3, 0.4) is 0 Å². The first-order valence-corrected chi connectivity index (χ1v) is 13.8. The van der Waals surface area contributed by atoms with Crippen molar-refractivity contribution in [1.29, 1.82) is 0 Å². The first kappa shape index (κ1) is 26.3. The Morgan fingerprint density at radius 2 is 1.79 bits per heavy atom. The molecule has 5 aromatic rings. The van der Waals surface area contributed by atoms with E-state index in [1.165, 1.54) is 16.1 Å². The van der Waals surface area contributed by atoms with Crippen molar-refractivity contribution in [2.24, 2.45) is 0 Å². The van der Waals surface area contributed by atoms with Gasteiger partial charge in [-0.1, -0.05) is 36.4 Å². The van der Waals surface area contributed by atoms with Crippen LogP contribution in [0, 0.1) is 5.82 Å². The standard InChI is InChI=1S/C30H27FN10O2/c31-23-17-34-29(41-11-10-35-37-41)27-25(23)22(16-33-27)28(42)30(43)39-14-12-38(13-15-39)24-19-40(18-21-8-4-5-9-32-21)36-26(24)20-6-2-1-3-7-20/h1-11,16-17,19,33,35,37H,12-15,18H2. The van der Waals surface area contributed by atoms with Gasteiger partial charge < -0.3 is 20.2 Å². The number of aromatic nitrogens is 5. The van der Waals surface area contributed by atoms with Gasteiger partial charge in [0, 0.05) is 62.7 Å². The number of hydrazine groups is 2. The monoisotopic (exact) mass is 578 g/mol. The lowest BCUT2D eigenvalue weighted by atomic mass is 10.1. The lowest BCUT2D eigenvalue weighted by Gasteiger charge is -2.35. The summed E-state index contributed by atoms with van der Waals surface area (Å²) in [5, 5.41) is 6.44. The van der Waals surface area contributed by atoms with Crippen molar-refractivity contribution in [2.75, 3.05) is 36.1 Å². The highest BCUT2D eigenvalue weighted by Crippen LogP contribution is 2.32. The van der Waals surface area contributed by atoms with E-state index in [0.717, 1.165) is 28.8 Å². The summed E-state index contributed by atoms with van der Waals surface area (Å²) in [4.78, 5) is 41.9. The lowest BCUT2D eigenvalue weighted by Crippen LogP contribution is -2.50. The van der Waals surface area contributed by atoms with Gasteiger partial charge in [0.25, 0.3) is 11.7 Å². The van der Waals surface area contributed by atoms with E-state index in [1.807, 2.05) is 59.4 Å². The zero-order valence-electron chi connectivity index (χ0n) is 22.9. The van der Waals surface area contributed by atoms with Crippen LogP contribution < -0.4 is 20.9 Å². The summed E-state index contributed by atoms with van der Waals surface area (Å²) in [6, 6.07) is 15.7. The van der Waals surface area contributed by atoms with E-state index in [9.17, 15) is 14.0 Å². The maximum atomic E-state index is 14.9. The number of ketones is 1. The van der Waals surface area contributed by atoms with Gasteiger partial charge >= 0.3 is 0 Å². The van der Waals surface area contributed by atoms with Crippen molar-refractivity contribution in [1.82, 2.24) is 40.6 Å². The summed E-state index contributed by atoms with van der Waals surface area (Å²) in [7, 11) is 0. The predicted octanol–water partition coefficient (Wildman–Crippen LogP) is 2.84. The van der Waals surface area contributed by atoms with E-state index >= 15 is 0 Å². The molecular weight excluding hydrogens is 551 g/mol. The molecule has 1 saturated heterocycles. The molecule has 0 saturated carbocycles. The second-order valence-corrected chi connectivity index (χ2v) is 10.2. The van der Waals surface area contributed by atoms with Crippen LogP contribution in [-0.2, 0) is 11.3 Å². The van der Waals surface area contributed by atoms with E-state index < -0.39 is 17.5 Å². The van der Waals surface area contributed by atoms with Crippen LogP contribution in [0.15, 0.2) is 85.7 Å². The van der Waals surface area contributed by atoms with Gasteiger partial charge in [-0.25, -0.2) is 14.4 Å². The van der Waals surface area contributed by atoms with Crippen molar-refractivity contribution >= 4 is 34.1 Å². The number of hydrogen-bond acceptors (Lipinski definition) is 9. The number of amides is 1. The SMILES string of the molecule is O=C(C(=O)N1CCN(c2cn(Cc3ccccn3)nc2-c2ccccc2)CC1)c1c[nH]c2c(N3C=CNN3)ncc(F)c12. The number of anilines is 2. The van der Waals surface area contributed by atoms with Gasteiger partial charge in [0.1, 0.15) is 5.69 Å². The fraction of sp³-hybridized carbons (Fsp3) is 0.167. The Balaban J connectivity index is 1.10.